The Morgan fingerprint density at radius 2 is 2.12 bits per heavy atom. The molecule has 0 saturated heterocycles. The smallest absolute Gasteiger partial charge is 0.224 e. The van der Waals surface area contributed by atoms with Crippen LogP contribution in [0.5, 0.6) is 0 Å². The number of nitrogen functional groups attached to an aromatic ring is 1. The Balaban J connectivity index is 2.28. The molecular formula is C12H19ClN4. The Morgan fingerprint density at radius 3 is 2.71 bits per heavy atom. The maximum atomic E-state index is 6.06. The zero-order valence-corrected chi connectivity index (χ0v) is 11.2. The Hall–Kier alpha value is -1.03. The van der Waals surface area contributed by atoms with E-state index in [1.807, 2.05) is 6.92 Å². The van der Waals surface area contributed by atoms with E-state index < -0.39 is 0 Å². The van der Waals surface area contributed by atoms with Crippen LogP contribution in [-0.4, -0.2) is 22.6 Å². The van der Waals surface area contributed by atoms with Crippen molar-refractivity contribution in [2.75, 3.05) is 17.2 Å². The quantitative estimate of drug-likeness (QED) is 0.821. The third kappa shape index (κ3) is 2.80. The van der Waals surface area contributed by atoms with Crippen LogP contribution in [0.3, 0.4) is 0 Å². The molecule has 1 fully saturated rings. The molecule has 1 aliphatic rings. The van der Waals surface area contributed by atoms with Gasteiger partial charge in [0.1, 0.15) is 0 Å². The molecule has 0 atom stereocenters. The predicted octanol–water partition coefficient (Wildman–Crippen LogP) is 2.79. The van der Waals surface area contributed by atoms with Crippen molar-refractivity contribution < 1.29 is 0 Å². The van der Waals surface area contributed by atoms with Crippen LogP contribution in [0.15, 0.2) is 0 Å². The van der Waals surface area contributed by atoms with E-state index in [1.54, 1.807) is 0 Å². The van der Waals surface area contributed by atoms with Gasteiger partial charge in [0.25, 0.3) is 0 Å². The first-order valence-electron chi connectivity index (χ1n) is 6.19. The largest absolute Gasteiger partial charge is 0.394 e. The van der Waals surface area contributed by atoms with Crippen molar-refractivity contribution in [2.45, 2.75) is 45.6 Å². The normalized spacial score (nSPS) is 15.0. The van der Waals surface area contributed by atoms with Gasteiger partial charge in [0.15, 0.2) is 5.82 Å². The van der Waals surface area contributed by atoms with E-state index >= 15 is 0 Å². The maximum absolute atomic E-state index is 6.06. The average molecular weight is 255 g/mol. The Bertz CT molecular complexity index is 404. The summed E-state index contributed by atoms with van der Waals surface area (Å²) in [5.41, 5.74) is 7.49. The number of hydrogen-bond acceptors (Lipinski definition) is 4. The van der Waals surface area contributed by atoms with E-state index in [9.17, 15) is 0 Å². The van der Waals surface area contributed by atoms with Crippen LogP contribution in [0.1, 0.15) is 38.3 Å². The van der Waals surface area contributed by atoms with Crippen molar-refractivity contribution in [3.63, 3.8) is 0 Å². The summed E-state index contributed by atoms with van der Waals surface area (Å²) >= 11 is 5.92. The second-order valence-electron chi connectivity index (χ2n) is 4.59. The predicted molar refractivity (Wildman–Crippen MR) is 71.5 cm³/mol. The van der Waals surface area contributed by atoms with Crippen molar-refractivity contribution in [2.24, 2.45) is 0 Å². The van der Waals surface area contributed by atoms with Crippen molar-refractivity contribution in [1.82, 2.24) is 9.97 Å². The van der Waals surface area contributed by atoms with Gasteiger partial charge >= 0.3 is 0 Å². The van der Waals surface area contributed by atoms with Crippen LogP contribution in [-0.2, 0) is 0 Å². The van der Waals surface area contributed by atoms with Gasteiger partial charge in [-0.3, -0.25) is 0 Å². The SMILES string of the molecule is CCCCN(c1nc(Cl)nc(C)c1N)C1CC1. The first-order chi connectivity index (χ1) is 8.13. The van der Waals surface area contributed by atoms with Crippen LogP contribution in [0.2, 0.25) is 5.28 Å². The summed E-state index contributed by atoms with van der Waals surface area (Å²) in [5, 5.41) is 0.286. The molecule has 0 unspecified atom stereocenters. The van der Waals surface area contributed by atoms with Crippen molar-refractivity contribution in [3.05, 3.63) is 11.0 Å². The van der Waals surface area contributed by atoms with Gasteiger partial charge < -0.3 is 10.6 Å². The van der Waals surface area contributed by atoms with Gasteiger partial charge in [-0.15, -0.1) is 0 Å². The third-order valence-electron chi connectivity index (χ3n) is 3.10. The molecule has 0 aromatic carbocycles. The van der Waals surface area contributed by atoms with Crippen LogP contribution in [0.25, 0.3) is 0 Å². The van der Waals surface area contributed by atoms with Gasteiger partial charge in [0.05, 0.1) is 11.4 Å². The number of aromatic nitrogens is 2. The highest BCUT2D eigenvalue weighted by Crippen LogP contribution is 2.35. The van der Waals surface area contributed by atoms with E-state index in [4.69, 9.17) is 17.3 Å². The molecular weight excluding hydrogens is 236 g/mol. The van der Waals surface area contributed by atoms with E-state index in [0.717, 1.165) is 24.5 Å². The molecule has 17 heavy (non-hydrogen) atoms. The molecule has 0 bridgehead atoms. The second kappa shape index (κ2) is 5.08. The molecule has 0 amide bonds. The topological polar surface area (TPSA) is 55.0 Å². The lowest BCUT2D eigenvalue weighted by molar-refractivity contribution is 0.704. The number of unbranched alkanes of at least 4 members (excludes halogenated alkanes) is 1. The Kier molecular flexibility index (Phi) is 3.72. The van der Waals surface area contributed by atoms with E-state index in [2.05, 4.69) is 21.8 Å². The van der Waals surface area contributed by atoms with Gasteiger partial charge in [-0.1, -0.05) is 13.3 Å². The lowest BCUT2D eigenvalue weighted by Gasteiger charge is -2.25. The second-order valence-corrected chi connectivity index (χ2v) is 4.93. The fourth-order valence-electron chi connectivity index (χ4n) is 1.93. The molecule has 1 heterocycles. The first-order valence-corrected chi connectivity index (χ1v) is 6.57. The summed E-state index contributed by atoms with van der Waals surface area (Å²) in [5.74, 6) is 0.818. The summed E-state index contributed by atoms with van der Waals surface area (Å²) in [6, 6.07) is 0.592. The highest BCUT2D eigenvalue weighted by molar-refractivity contribution is 6.28. The first kappa shape index (κ1) is 12.4. The van der Waals surface area contributed by atoms with Gasteiger partial charge in [0.2, 0.25) is 5.28 Å². The molecule has 1 aromatic heterocycles. The number of rotatable bonds is 5. The minimum Gasteiger partial charge on any atom is -0.394 e. The lowest BCUT2D eigenvalue weighted by atomic mass is 10.2. The van der Waals surface area contributed by atoms with Gasteiger partial charge in [-0.2, -0.15) is 4.98 Å². The van der Waals surface area contributed by atoms with E-state index in [1.165, 1.54) is 19.3 Å². The average Bonchev–Trinajstić information content (AvgIpc) is 3.09. The fourth-order valence-corrected chi connectivity index (χ4v) is 2.13. The molecule has 0 aliphatic heterocycles. The van der Waals surface area contributed by atoms with E-state index in [-0.39, 0.29) is 5.28 Å². The Labute approximate surface area is 107 Å². The molecule has 1 saturated carbocycles. The zero-order chi connectivity index (χ0) is 12.4. The van der Waals surface area contributed by atoms with Crippen LogP contribution < -0.4 is 10.6 Å². The fraction of sp³-hybridized carbons (Fsp3) is 0.667. The maximum Gasteiger partial charge on any atom is 0.224 e. The number of hydrogen-bond donors (Lipinski definition) is 1. The number of anilines is 2. The molecule has 2 rings (SSSR count). The van der Waals surface area contributed by atoms with Gasteiger partial charge in [-0.25, -0.2) is 4.98 Å². The van der Waals surface area contributed by atoms with Crippen LogP contribution in [0, 0.1) is 6.92 Å². The minimum absolute atomic E-state index is 0.286. The highest BCUT2D eigenvalue weighted by Gasteiger charge is 2.31. The number of nitrogens with zero attached hydrogens (tertiary/aromatic N) is 3. The molecule has 94 valence electrons. The standard InChI is InChI=1S/C12H19ClN4/c1-3-4-7-17(9-5-6-9)11-10(14)8(2)15-12(13)16-11/h9H,3-7,14H2,1-2H3. The summed E-state index contributed by atoms with van der Waals surface area (Å²) in [4.78, 5) is 10.7. The summed E-state index contributed by atoms with van der Waals surface area (Å²) < 4.78 is 0. The minimum atomic E-state index is 0.286. The monoisotopic (exact) mass is 254 g/mol. The highest BCUT2D eigenvalue weighted by atomic mass is 35.5. The number of aryl methyl sites for hydroxylation is 1. The van der Waals surface area contributed by atoms with Gasteiger partial charge in [0, 0.05) is 12.6 Å². The zero-order valence-electron chi connectivity index (χ0n) is 10.4. The lowest BCUT2D eigenvalue weighted by Crippen LogP contribution is -2.29. The van der Waals surface area contributed by atoms with Crippen molar-refractivity contribution in [1.29, 1.82) is 0 Å². The van der Waals surface area contributed by atoms with Crippen molar-refractivity contribution in [3.8, 4) is 0 Å². The number of nitrogens with two attached hydrogens (primary N) is 1. The van der Waals surface area contributed by atoms with Gasteiger partial charge in [-0.05, 0) is 37.8 Å². The summed E-state index contributed by atoms with van der Waals surface area (Å²) in [6.45, 7) is 5.06. The summed E-state index contributed by atoms with van der Waals surface area (Å²) in [7, 11) is 0. The molecule has 4 nitrogen and oxygen atoms in total. The molecule has 2 N–H and O–H groups in total. The van der Waals surface area contributed by atoms with Crippen LogP contribution in [0.4, 0.5) is 11.5 Å². The molecule has 0 radical (unpaired) electrons. The molecule has 0 spiro atoms. The molecule has 5 heteroatoms. The third-order valence-corrected chi connectivity index (χ3v) is 3.27. The van der Waals surface area contributed by atoms with Crippen LogP contribution >= 0.6 is 11.6 Å². The Morgan fingerprint density at radius 1 is 1.41 bits per heavy atom. The summed E-state index contributed by atoms with van der Waals surface area (Å²) in [6.07, 6.45) is 4.77. The molecule has 1 aliphatic carbocycles. The van der Waals surface area contributed by atoms with E-state index in [0.29, 0.717) is 11.7 Å². The number of halogens is 1. The van der Waals surface area contributed by atoms with Crippen molar-refractivity contribution >= 4 is 23.1 Å². The molecule has 1 aromatic rings.